The summed E-state index contributed by atoms with van der Waals surface area (Å²) in [6.07, 6.45) is 0. The first-order valence-corrected chi connectivity index (χ1v) is 11.0. The minimum atomic E-state index is -0.480. The van der Waals surface area contributed by atoms with Gasteiger partial charge in [0.1, 0.15) is 5.82 Å². The lowest BCUT2D eigenvalue weighted by molar-refractivity contribution is -0.113. The molecule has 0 atom stereocenters. The van der Waals surface area contributed by atoms with Crippen LogP contribution in [0.25, 0.3) is 10.9 Å². The van der Waals surface area contributed by atoms with Crippen LogP contribution in [0.5, 0.6) is 0 Å². The third-order valence-electron chi connectivity index (χ3n) is 3.97. The van der Waals surface area contributed by atoms with E-state index < -0.39 is 5.82 Å². The summed E-state index contributed by atoms with van der Waals surface area (Å²) in [5, 5.41) is 3.76. The Kier molecular flexibility index (Phi) is 6.97. The van der Waals surface area contributed by atoms with Crippen LogP contribution in [0.3, 0.4) is 0 Å². The van der Waals surface area contributed by atoms with Crippen molar-refractivity contribution in [2.24, 2.45) is 5.92 Å². The topological polar surface area (TPSA) is 64.0 Å². The quantitative estimate of drug-likeness (QED) is 0.368. The summed E-state index contributed by atoms with van der Waals surface area (Å²) < 4.78 is 15.5. The van der Waals surface area contributed by atoms with E-state index in [1.165, 1.54) is 23.9 Å². The van der Waals surface area contributed by atoms with Gasteiger partial charge in [0, 0.05) is 11.0 Å². The number of rotatable bonds is 6. The molecule has 0 aliphatic heterocycles. The first-order valence-electron chi connectivity index (χ1n) is 8.82. The molecule has 1 aromatic heterocycles. The monoisotopic (exact) mass is 497 g/mol. The van der Waals surface area contributed by atoms with E-state index in [2.05, 4.69) is 26.2 Å². The van der Waals surface area contributed by atoms with Gasteiger partial charge in [0.05, 0.1) is 27.4 Å². The van der Waals surface area contributed by atoms with Crippen molar-refractivity contribution in [2.75, 3.05) is 11.1 Å². The lowest BCUT2D eigenvalue weighted by Gasteiger charge is -2.15. The molecule has 9 heteroatoms. The number of carbonyl (C=O) groups excluding carboxylic acids is 1. The number of halogens is 3. The van der Waals surface area contributed by atoms with Crippen molar-refractivity contribution in [1.29, 1.82) is 0 Å². The van der Waals surface area contributed by atoms with Crippen LogP contribution in [0.1, 0.15) is 13.8 Å². The van der Waals surface area contributed by atoms with Crippen LogP contribution in [0, 0.1) is 11.7 Å². The van der Waals surface area contributed by atoms with Crippen LogP contribution in [0.4, 0.5) is 10.1 Å². The van der Waals surface area contributed by atoms with Crippen molar-refractivity contribution in [2.45, 2.75) is 25.5 Å². The molecule has 1 heterocycles. The molecule has 152 valence electrons. The molecule has 0 unspecified atom stereocenters. The van der Waals surface area contributed by atoms with Crippen LogP contribution in [0.15, 0.2) is 50.8 Å². The van der Waals surface area contributed by atoms with Crippen LogP contribution < -0.4 is 10.9 Å². The van der Waals surface area contributed by atoms with Crippen LogP contribution in [-0.2, 0) is 11.3 Å². The lowest BCUT2D eigenvalue weighted by Crippen LogP contribution is -2.26. The van der Waals surface area contributed by atoms with E-state index in [4.69, 9.17) is 11.6 Å². The molecule has 29 heavy (non-hydrogen) atoms. The van der Waals surface area contributed by atoms with Crippen LogP contribution in [0.2, 0.25) is 5.02 Å². The minimum absolute atomic E-state index is 0.0281. The van der Waals surface area contributed by atoms with Gasteiger partial charge in [-0.3, -0.25) is 14.2 Å². The van der Waals surface area contributed by atoms with Crippen molar-refractivity contribution in [3.8, 4) is 0 Å². The number of carbonyl (C=O) groups is 1. The number of fused-ring (bicyclic) bond motifs is 1. The number of nitrogens with one attached hydrogen (secondary N) is 1. The van der Waals surface area contributed by atoms with Gasteiger partial charge in [-0.05, 0) is 42.3 Å². The number of amides is 1. The number of thioether (sulfide) groups is 1. The Bertz CT molecular complexity index is 1140. The normalized spacial score (nSPS) is 11.2. The third-order valence-corrected chi connectivity index (χ3v) is 5.75. The van der Waals surface area contributed by atoms with Gasteiger partial charge in [-0.15, -0.1) is 0 Å². The van der Waals surface area contributed by atoms with Crippen molar-refractivity contribution >= 4 is 61.8 Å². The molecule has 0 aliphatic rings. The van der Waals surface area contributed by atoms with Crippen molar-refractivity contribution in [1.82, 2.24) is 9.55 Å². The maximum Gasteiger partial charge on any atom is 0.262 e. The number of anilines is 1. The van der Waals surface area contributed by atoms with Crippen molar-refractivity contribution < 1.29 is 9.18 Å². The van der Waals surface area contributed by atoms with Gasteiger partial charge in [0.25, 0.3) is 5.56 Å². The van der Waals surface area contributed by atoms with Gasteiger partial charge in [-0.25, -0.2) is 9.37 Å². The van der Waals surface area contributed by atoms with Crippen molar-refractivity contribution in [3.63, 3.8) is 0 Å². The first kappa shape index (κ1) is 21.8. The number of aromatic nitrogens is 2. The number of nitrogens with zero attached hydrogens (tertiary/aromatic N) is 2. The lowest BCUT2D eigenvalue weighted by atomic mass is 10.2. The number of hydrogen-bond acceptors (Lipinski definition) is 4. The molecule has 2 aromatic carbocycles. The molecular weight excluding hydrogens is 481 g/mol. The van der Waals surface area contributed by atoms with E-state index in [1.807, 2.05) is 19.9 Å². The Morgan fingerprint density at radius 2 is 2.07 bits per heavy atom. The highest BCUT2D eigenvalue weighted by atomic mass is 79.9. The minimum Gasteiger partial charge on any atom is -0.324 e. The summed E-state index contributed by atoms with van der Waals surface area (Å²) >= 11 is 10.5. The zero-order valence-corrected chi connectivity index (χ0v) is 18.9. The van der Waals surface area contributed by atoms with Gasteiger partial charge in [0.2, 0.25) is 5.91 Å². The predicted octanol–water partition coefficient (Wildman–Crippen LogP) is 5.34. The number of hydrogen-bond donors (Lipinski definition) is 1. The maximum atomic E-state index is 13.1. The second kappa shape index (κ2) is 9.28. The fourth-order valence-electron chi connectivity index (χ4n) is 2.72. The molecule has 3 rings (SSSR count). The Labute approximate surface area is 184 Å². The molecular formula is C20H18BrClFN3O2S. The average Bonchev–Trinajstić information content (AvgIpc) is 2.65. The largest absolute Gasteiger partial charge is 0.324 e. The predicted molar refractivity (Wildman–Crippen MR) is 119 cm³/mol. The molecule has 0 spiro atoms. The van der Waals surface area contributed by atoms with Crippen LogP contribution in [-0.4, -0.2) is 21.2 Å². The maximum absolute atomic E-state index is 13.1. The molecule has 5 nitrogen and oxygen atoms in total. The zero-order chi connectivity index (χ0) is 21.1. The summed E-state index contributed by atoms with van der Waals surface area (Å²) in [4.78, 5) is 29.9. The Morgan fingerprint density at radius 3 is 2.76 bits per heavy atom. The standard InChI is InChI=1S/C20H18BrClFN3O2S/c1-11(2)9-26-19(28)14-7-12(21)3-5-16(14)25-20(26)29-10-18(27)24-17-6-4-13(23)8-15(17)22/h3-8,11H,9-10H2,1-2H3,(H,24,27). The third kappa shape index (κ3) is 5.38. The zero-order valence-electron chi connectivity index (χ0n) is 15.7. The summed E-state index contributed by atoms with van der Waals surface area (Å²) in [7, 11) is 0. The number of benzene rings is 2. The summed E-state index contributed by atoms with van der Waals surface area (Å²) in [5.74, 6) is -0.553. The van der Waals surface area contributed by atoms with Gasteiger partial charge >= 0.3 is 0 Å². The van der Waals surface area contributed by atoms with Gasteiger partial charge in [-0.2, -0.15) is 0 Å². The molecule has 0 aliphatic carbocycles. The average molecular weight is 499 g/mol. The molecule has 0 fully saturated rings. The molecule has 0 bridgehead atoms. The summed E-state index contributed by atoms with van der Waals surface area (Å²) in [5.41, 5.74) is 0.756. The Morgan fingerprint density at radius 1 is 1.31 bits per heavy atom. The second-order valence-corrected chi connectivity index (χ2v) is 9.09. The smallest absolute Gasteiger partial charge is 0.262 e. The summed E-state index contributed by atoms with van der Waals surface area (Å²) in [6.45, 7) is 4.51. The molecule has 0 saturated carbocycles. The van der Waals surface area contributed by atoms with E-state index in [0.29, 0.717) is 28.3 Å². The van der Waals surface area contributed by atoms with Crippen molar-refractivity contribution in [3.05, 3.63) is 62.1 Å². The fourth-order valence-corrected chi connectivity index (χ4v) is 4.10. The fraction of sp³-hybridized carbons (Fsp3) is 0.250. The van der Waals surface area contributed by atoms with E-state index in [1.54, 1.807) is 16.7 Å². The Balaban J connectivity index is 1.85. The SMILES string of the molecule is CC(C)Cn1c(SCC(=O)Nc2ccc(F)cc2Cl)nc2ccc(Br)cc2c1=O. The molecule has 0 radical (unpaired) electrons. The molecule has 3 aromatic rings. The Hall–Kier alpha value is -1.90. The first-order chi connectivity index (χ1) is 13.7. The van der Waals surface area contributed by atoms with E-state index in [-0.39, 0.29) is 28.2 Å². The molecule has 0 saturated heterocycles. The second-order valence-electron chi connectivity index (χ2n) is 6.83. The van der Waals surface area contributed by atoms with Gasteiger partial charge < -0.3 is 5.32 Å². The van der Waals surface area contributed by atoms with E-state index >= 15 is 0 Å². The molecule has 1 N–H and O–H groups in total. The van der Waals surface area contributed by atoms with E-state index in [0.717, 1.165) is 10.5 Å². The highest BCUT2D eigenvalue weighted by molar-refractivity contribution is 9.10. The molecule has 1 amide bonds. The van der Waals surface area contributed by atoms with Gasteiger partial charge in [0.15, 0.2) is 5.16 Å². The van der Waals surface area contributed by atoms with Crippen LogP contribution >= 0.6 is 39.3 Å². The summed E-state index contributed by atoms with van der Waals surface area (Å²) in [6, 6.07) is 9.09. The van der Waals surface area contributed by atoms with E-state index in [9.17, 15) is 14.0 Å². The highest BCUT2D eigenvalue weighted by Crippen LogP contribution is 2.24. The van der Waals surface area contributed by atoms with Gasteiger partial charge in [-0.1, -0.05) is 53.1 Å². The highest BCUT2D eigenvalue weighted by Gasteiger charge is 2.15.